The molecule has 5 aromatic rings. The van der Waals surface area contributed by atoms with Crippen molar-refractivity contribution in [2.24, 2.45) is 15.8 Å². The largest absolute Gasteiger partial charge is 0.507 e. The Bertz CT molecular complexity index is 2830. The van der Waals surface area contributed by atoms with Crippen LogP contribution < -0.4 is 10.6 Å². The number of fused-ring (bicyclic) bond motifs is 3. The summed E-state index contributed by atoms with van der Waals surface area (Å²) in [5, 5.41) is 47.6. The number of aryl methyl sites for hydroxylation is 3. The molecule has 8 rings (SSSR count). The summed E-state index contributed by atoms with van der Waals surface area (Å²) in [5.74, 6) is -1.77. The van der Waals surface area contributed by atoms with Crippen LogP contribution in [0, 0.1) is 38.5 Å². The molecule has 0 spiro atoms. The molecule has 66 heavy (non-hydrogen) atoms. The quantitative estimate of drug-likeness (QED) is 0.0906. The minimum atomic E-state index is -1.63. The lowest BCUT2D eigenvalue weighted by molar-refractivity contribution is -0.144. The van der Waals surface area contributed by atoms with Gasteiger partial charge >= 0.3 is 5.97 Å². The number of para-hydroxylation sites is 1. The summed E-state index contributed by atoms with van der Waals surface area (Å²) in [7, 11) is 0. The highest BCUT2D eigenvalue weighted by Crippen LogP contribution is 2.47. The number of allylic oxidation sites excluding steroid dienone is 3. The van der Waals surface area contributed by atoms with Crippen LogP contribution in [0.4, 0.5) is 0 Å². The number of likely N-dealkylation sites (tertiary alicyclic amines) is 1. The number of aromatic nitrogens is 4. The number of aliphatic carboxylic acids is 1. The van der Waals surface area contributed by atoms with Crippen molar-refractivity contribution in [3.05, 3.63) is 117 Å². The Balaban J connectivity index is 1.15. The van der Waals surface area contributed by atoms with E-state index in [2.05, 4.69) is 25.8 Å². The topological polar surface area (TPSA) is 212 Å². The summed E-state index contributed by atoms with van der Waals surface area (Å²) in [4.78, 5) is 70.2. The number of aliphatic hydroxyl groups is 1. The van der Waals surface area contributed by atoms with Gasteiger partial charge in [-0.25, -0.2) is 4.98 Å². The maximum absolute atomic E-state index is 15.7. The molecule has 3 unspecified atom stereocenters. The second-order valence-corrected chi connectivity index (χ2v) is 20.5. The van der Waals surface area contributed by atoms with E-state index in [1.807, 2.05) is 83.4 Å². The molecule has 3 aliphatic rings. The van der Waals surface area contributed by atoms with Crippen LogP contribution in [0.2, 0.25) is 0 Å². The van der Waals surface area contributed by atoms with Crippen LogP contribution in [0.25, 0.3) is 21.0 Å². The molecular weight excluding hydrogens is 877 g/mol. The van der Waals surface area contributed by atoms with Gasteiger partial charge in [0.2, 0.25) is 17.7 Å². The predicted molar refractivity (Wildman–Crippen MR) is 254 cm³/mol. The first-order valence-corrected chi connectivity index (χ1v) is 23.6. The fraction of sp³-hybridized carbons (Fsp3) is 0.388. The van der Waals surface area contributed by atoms with Gasteiger partial charge in [-0.05, 0) is 74.8 Å². The molecule has 0 bridgehead atoms. The zero-order chi connectivity index (χ0) is 47.4. The van der Waals surface area contributed by atoms with Crippen LogP contribution in [-0.4, -0.2) is 94.1 Å². The van der Waals surface area contributed by atoms with E-state index in [0.29, 0.717) is 39.1 Å². The molecule has 15 nitrogen and oxygen atoms in total. The molecule has 344 valence electrons. The van der Waals surface area contributed by atoms with Crippen LogP contribution in [0.15, 0.2) is 77.3 Å². The molecule has 5 N–H and O–H groups in total. The minimum absolute atomic E-state index is 0.00964. The van der Waals surface area contributed by atoms with Gasteiger partial charge in [0.25, 0.3) is 0 Å². The van der Waals surface area contributed by atoms with E-state index in [4.69, 9.17) is 4.99 Å². The molecule has 17 heteroatoms. The number of aromatic hydroxyl groups is 1. The molecule has 5 heterocycles. The van der Waals surface area contributed by atoms with Gasteiger partial charge < -0.3 is 30.9 Å². The van der Waals surface area contributed by atoms with Crippen molar-refractivity contribution in [3.8, 4) is 21.2 Å². The van der Waals surface area contributed by atoms with Crippen molar-refractivity contribution in [2.75, 3.05) is 6.54 Å². The highest BCUT2D eigenvalue weighted by Gasteiger charge is 2.51. The Hall–Kier alpha value is -6.30. The lowest BCUT2D eigenvalue weighted by Gasteiger charge is -2.39. The average Bonchev–Trinajstić information content (AvgIpc) is 4.04. The molecule has 2 aromatic carbocycles. The van der Waals surface area contributed by atoms with Gasteiger partial charge in [0, 0.05) is 29.0 Å². The summed E-state index contributed by atoms with van der Waals surface area (Å²) in [6.45, 7) is 14.8. The maximum atomic E-state index is 15.7. The van der Waals surface area contributed by atoms with Gasteiger partial charge in [-0.3, -0.25) is 28.7 Å². The summed E-state index contributed by atoms with van der Waals surface area (Å²) in [5.41, 5.74) is 5.06. The molecule has 3 amide bonds. The molecule has 0 radical (unpaired) electrons. The molecule has 2 aliphatic heterocycles. The van der Waals surface area contributed by atoms with E-state index < -0.39 is 71.2 Å². The number of carboxylic acids is 1. The van der Waals surface area contributed by atoms with Crippen LogP contribution >= 0.6 is 22.7 Å². The number of nitrogens with zero attached hydrogens (tertiary/aromatic N) is 6. The highest BCUT2D eigenvalue weighted by molar-refractivity contribution is 7.15. The second-order valence-electron chi connectivity index (χ2n) is 18.5. The molecule has 3 aromatic heterocycles. The number of carboxylic acid groups (broad SMARTS) is 1. The van der Waals surface area contributed by atoms with Crippen molar-refractivity contribution in [1.82, 2.24) is 35.3 Å². The van der Waals surface area contributed by atoms with E-state index in [1.165, 1.54) is 16.2 Å². The van der Waals surface area contributed by atoms with Crippen LogP contribution in [0.5, 0.6) is 5.75 Å². The monoisotopic (exact) mass is 930 g/mol. The number of nitrogens with one attached hydrogen (secondary N) is 2. The molecule has 1 fully saturated rings. The predicted octanol–water partition coefficient (Wildman–Crippen LogP) is 7.11. The van der Waals surface area contributed by atoms with Crippen molar-refractivity contribution >= 4 is 57.6 Å². The fourth-order valence-electron chi connectivity index (χ4n) is 9.09. The third-order valence-corrected chi connectivity index (χ3v) is 15.0. The van der Waals surface area contributed by atoms with Crippen LogP contribution in [0.1, 0.15) is 104 Å². The smallest absolute Gasteiger partial charge is 0.306 e. The number of β-amino-alcohol motifs (C(OH)–C–C–N with tert-alkyl or cyclic N) is 1. The van der Waals surface area contributed by atoms with Crippen molar-refractivity contribution in [1.29, 1.82) is 0 Å². The summed E-state index contributed by atoms with van der Waals surface area (Å²) in [6, 6.07) is 11.1. The number of thiophene rings is 1. The fourth-order valence-corrected chi connectivity index (χ4v) is 11.1. The number of hydrogen-bond acceptors (Lipinski definition) is 12. The number of benzene rings is 2. The van der Waals surface area contributed by atoms with Gasteiger partial charge in [-0.15, -0.1) is 32.9 Å². The summed E-state index contributed by atoms with van der Waals surface area (Å²) >= 11 is 3.02. The van der Waals surface area contributed by atoms with Gasteiger partial charge in [-0.2, -0.15) is 0 Å². The Morgan fingerprint density at radius 2 is 1.73 bits per heavy atom. The number of carbonyl (C=O) groups excluding carboxylic acids is 3. The first kappa shape index (κ1) is 46.2. The zero-order valence-electron chi connectivity index (χ0n) is 38.1. The number of aliphatic imine (C=N–C) groups is 1. The van der Waals surface area contributed by atoms with Crippen LogP contribution in [-0.2, 0) is 19.2 Å². The molecule has 0 saturated carbocycles. The SMILES string of the molecule is Cc1ncsc1-c1ccc(C(C)NC(=O)[C@@H]2C[C@@H](O)CN2C(=O)C(NC(=O)C2(C3=N[C@@H](CC(=O)O)c4nnc(C)n4-c4sc(C)c(C)c43)C=CC(c3ccccc3O)=CC2)C(C)(C)C)cc1. The number of aliphatic hydroxyl groups excluding tert-OH is 1. The second kappa shape index (κ2) is 17.8. The van der Waals surface area contributed by atoms with Crippen LogP contribution in [0.3, 0.4) is 0 Å². The number of phenols is 1. The number of amides is 3. The van der Waals surface area contributed by atoms with E-state index in [9.17, 15) is 24.9 Å². The third-order valence-electron chi connectivity index (χ3n) is 12.9. The lowest BCUT2D eigenvalue weighted by Crippen LogP contribution is -2.60. The summed E-state index contributed by atoms with van der Waals surface area (Å²) < 4.78 is 1.82. The van der Waals surface area contributed by atoms with Gasteiger partial charge in [0.15, 0.2) is 5.82 Å². The van der Waals surface area contributed by atoms with E-state index >= 15 is 9.59 Å². The first-order valence-electron chi connectivity index (χ1n) is 21.9. The molecule has 6 atom stereocenters. The number of carbonyl (C=O) groups is 4. The maximum Gasteiger partial charge on any atom is 0.306 e. The Labute approximate surface area is 391 Å². The van der Waals surface area contributed by atoms with Crippen molar-refractivity contribution in [3.63, 3.8) is 0 Å². The normalized spacial score (nSPS) is 21.2. The van der Waals surface area contributed by atoms with Gasteiger partial charge in [0.05, 0.1) is 40.4 Å². The molecule has 1 saturated heterocycles. The van der Waals surface area contributed by atoms with E-state index in [-0.39, 0.29) is 25.1 Å². The Kier molecular flexibility index (Phi) is 12.5. The first-order chi connectivity index (χ1) is 31.3. The average molecular weight is 931 g/mol. The number of rotatable bonds is 11. The summed E-state index contributed by atoms with van der Waals surface area (Å²) in [6.07, 6.45) is 3.92. The number of phenolic OH excluding ortho intramolecular Hbond substituents is 1. The Morgan fingerprint density at radius 1 is 1.00 bits per heavy atom. The number of hydrogen-bond donors (Lipinski definition) is 5. The van der Waals surface area contributed by atoms with E-state index in [1.54, 1.807) is 60.2 Å². The third kappa shape index (κ3) is 8.50. The van der Waals surface area contributed by atoms with Crippen molar-refractivity contribution in [2.45, 2.75) is 105 Å². The van der Waals surface area contributed by atoms with E-state index in [0.717, 1.165) is 32.1 Å². The highest BCUT2D eigenvalue weighted by atomic mass is 32.1. The zero-order valence-corrected chi connectivity index (χ0v) is 39.8. The van der Waals surface area contributed by atoms with Crippen molar-refractivity contribution < 1.29 is 34.5 Å². The van der Waals surface area contributed by atoms with Gasteiger partial charge in [0.1, 0.15) is 40.1 Å². The standard InChI is InChI=1S/C49H54N8O7S2/c1-25-28(4)66-46-39(25)41(52-35(22-38(60)61)43-55-54-29(5)57(43)46)49(19-17-31(18-20-49)34-11-9-10-12-37(34)59)47(64)53-42(48(6,7)8)45(63)56-23-33(58)21-36(56)44(62)51-26(2)30-13-15-32(16-14-30)40-27(3)50-24-65-40/h9-19,24,26,33,35-36,42,58-59H,20-23H2,1-8H3,(H,51,62)(H,53,64)(H,60,61)/t26?,33-,35+,36+,42?,49?/m1/s1. The Morgan fingerprint density at radius 3 is 2.36 bits per heavy atom. The number of thiazole rings is 1. The molecule has 1 aliphatic carbocycles. The lowest BCUT2D eigenvalue weighted by atomic mass is 9.71. The van der Waals surface area contributed by atoms with Gasteiger partial charge in [-0.1, -0.05) is 81.5 Å². The minimum Gasteiger partial charge on any atom is -0.507 e. The molecular formula is C49H54N8O7S2.